The predicted octanol–water partition coefficient (Wildman–Crippen LogP) is 8.69. The summed E-state index contributed by atoms with van der Waals surface area (Å²) in [5.41, 5.74) is 8.67. The van der Waals surface area contributed by atoms with Crippen LogP contribution in [0.4, 0.5) is 0 Å². The number of aromatic nitrogens is 3. The van der Waals surface area contributed by atoms with E-state index in [-0.39, 0.29) is 0 Å². The zero-order chi connectivity index (χ0) is 38.9. The Kier molecular flexibility index (Phi) is 18.5. The molecule has 1 aromatic carbocycles. The van der Waals surface area contributed by atoms with Gasteiger partial charge in [-0.1, -0.05) is 65.1 Å². The highest BCUT2D eigenvalue weighted by Crippen LogP contribution is 2.16. The van der Waals surface area contributed by atoms with Crippen LogP contribution in [0.5, 0.6) is 0 Å². The number of allylic oxidation sites excluding steroid dienone is 4. The number of hydrogen-bond donors (Lipinski definition) is 0. The van der Waals surface area contributed by atoms with E-state index in [1.54, 1.807) is 0 Å². The van der Waals surface area contributed by atoms with Gasteiger partial charge in [-0.3, -0.25) is 4.99 Å². The lowest BCUT2D eigenvalue weighted by molar-refractivity contribution is -0.697. The minimum Gasteiger partial charge on any atom is -0.293 e. The molecule has 278 valence electrons. The van der Waals surface area contributed by atoms with Crippen molar-refractivity contribution in [1.29, 1.82) is 0 Å². The number of pyridine rings is 3. The Morgan fingerprint density at radius 3 is 1.33 bits per heavy atom. The normalized spacial score (nSPS) is 10.9. The molecular weight excluding hydrogens is 669 g/mol. The molecule has 4 nitrogen and oxygen atoms in total. The first kappa shape index (κ1) is 41.8. The van der Waals surface area contributed by atoms with Gasteiger partial charge in [-0.2, -0.15) is 0 Å². The summed E-state index contributed by atoms with van der Waals surface area (Å²) in [5, 5.41) is 0. The topological polar surface area (TPSA) is 24.0 Å². The molecule has 3 aromatic heterocycles. The third-order valence-electron chi connectivity index (χ3n) is 8.82. The first-order valence-corrected chi connectivity index (χ1v) is 19.7. The predicted molar refractivity (Wildman–Crippen MR) is 227 cm³/mol. The molecule has 0 fully saturated rings. The molecule has 0 aliphatic rings. The minimum absolute atomic E-state index is 0.744. The van der Waals surface area contributed by atoms with E-state index in [4.69, 9.17) is 0 Å². The van der Waals surface area contributed by atoms with Gasteiger partial charge in [0.25, 0.3) is 0 Å². The summed E-state index contributed by atoms with van der Waals surface area (Å²) in [5.74, 6) is 27.6. The molecule has 0 bridgehead atoms. The first-order chi connectivity index (χ1) is 26.9. The largest absolute Gasteiger partial charge is 0.293 e. The van der Waals surface area contributed by atoms with Crippen LogP contribution < -0.4 is 13.7 Å². The van der Waals surface area contributed by atoms with Gasteiger partial charge in [-0.15, -0.1) is 0 Å². The lowest BCUT2D eigenvalue weighted by Crippen LogP contribution is -2.32. The summed E-state index contributed by atoms with van der Waals surface area (Å²) in [7, 11) is 0. The molecule has 4 rings (SSSR count). The molecule has 55 heavy (non-hydrogen) atoms. The zero-order valence-electron chi connectivity index (χ0n) is 33.7. The molecule has 0 spiro atoms. The van der Waals surface area contributed by atoms with Crippen molar-refractivity contribution in [3.05, 3.63) is 148 Å². The van der Waals surface area contributed by atoms with Gasteiger partial charge in [0.2, 0.25) is 0 Å². The molecule has 0 aliphatic heterocycles. The highest BCUT2D eigenvalue weighted by Gasteiger charge is 2.07. The van der Waals surface area contributed by atoms with E-state index in [9.17, 15) is 0 Å². The monoisotopic (exact) mass is 725 g/mol. The third kappa shape index (κ3) is 16.7. The maximum Gasteiger partial charge on any atom is 0.171 e. The van der Waals surface area contributed by atoms with Crippen molar-refractivity contribution >= 4 is 6.21 Å². The van der Waals surface area contributed by atoms with Crippen LogP contribution in [-0.4, -0.2) is 12.8 Å². The average molecular weight is 726 g/mol. The molecule has 0 saturated heterocycles. The quantitative estimate of drug-likeness (QED) is 0.0409. The summed E-state index contributed by atoms with van der Waals surface area (Å²) in [6, 6.07) is 16.9. The smallest absolute Gasteiger partial charge is 0.171 e. The highest BCUT2D eigenvalue weighted by atomic mass is 14.9. The van der Waals surface area contributed by atoms with Gasteiger partial charge in [-0.05, 0) is 77.4 Å². The molecule has 3 heterocycles. The first-order valence-electron chi connectivity index (χ1n) is 19.7. The number of aliphatic imine (C=N–C) groups is 1. The third-order valence-corrected chi connectivity index (χ3v) is 8.82. The van der Waals surface area contributed by atoms with Crippen LogP contribution in [0.3, 0.4) is 0 Å². The number of benzene rings is 1. The maximum absolute atomic E-state index is 4.52. The molecule has 0 atom stereocenters. The maximum atomic E-state index is 4.52. The number of rotatable bonds is 14. The van der Waals surface area contributed by atoms with Crippen molar-refractivity contribution in [2.24, 2.45) is 4.99 Å². The fraction of sp³-hybridized carbons (Fsp3) is 0.333. The molecule has 0 aliphatic carbocycles. The summed E-state index contributed by atoms with van der Waals surface area (Å²) >= 11 is 0. The molecule has 0 radical (unpaired) electrons. The van der Waals surface area contributed by atoms with E-state index in [0.29, 0.717) is 0 Å². The lowest BCUT2D eigenvalue weighted by Gasteiger charge is -2.03. The van der Waals surface area contributed by atoms with Crippen LogP contribution in [0.25, 0.3) is 0 Å². The second-order valence-corrected chi connectivity index (χ2v) is 13.9. The number of hydrogen-bond acceptors (Lipinski definition) is 1. The van der Waals surface area contributed by atoms with E-state index in [1.165, 1.54) is 22.3 Å². The van der Waals surface area contributed by atoms with Crippen LogP contribution in [0.1, 0.15) is 104 Å². The Hall–Kier alpha value is -5.94. The lowest BCUT2D eigenvalue weighted by atomic mass is 9.98. The van der Waals surface area contributed by atoms with Gasteiger partial charge < -0.3 is 0 Å². The number of unbranched alkanes of at least 4 members (excludes halogenated alkanes) is 4. The molecule has 0 N–H and O–H groups in total. The van der Waals surface area contributed by atoms with Crippen molar-refractivity contribution in [2.75, 3.05) is 6.54 Å². The summed E-state index contributed by atoms with van der Waals surface area (Å²) in [4.78, 5) is 4.52. The van der Waals surface area contributed by atoms with Crippen LogP contribution in [0.2, 0.25) is 0 Å². The van der Waals surface area contributed by atoms with E-state index in [1.807, 2.05) is 19.2 Å². The van der Waals surface area contributed by atoms with Crippen molar-refractivity contribution in [1.82, 2.24) is 0 Å². The van der Waals surface area contributed by atoms with Crippen molar-refractivity contribution in [2.45, 2.75) is 106 Å². The van der Waals surface area contributed by atoms with E-state index >= 15 is 0 Å². The average Bonchev–Trinajstić information content (AvgIpc) is 3.17. The molecule has 4 heteroatoms. The molecule has 0 saturated carbocycles. The van der Waals surface area contributed by atoms with Crippen molar-refractivity contribution in [3.63, 3.8) is 0 Å². The molecule has 0 unspecified atom stereocenters. The van der Waals surface area contributed by atoms with Gasteiger partial charge >= 0.3 is 0 Å². The Labute approximate surface area is 331 Å². The van der Waals surface area contributed by atoms with Crippen molar-refractivity contribution in [3.8, 4) is 47.4 Å². The minimum atomic E-state index is 0.744. The van der Waals surface area contributed by atoms with Crippen LogP contribution in [0.15, 0.2) is 115 Å². The Bertz CT molecular complexity index is 2210. The van der Waals surface area contributed by atoms with Crippen LogP contribution >= 0.6 is 0 Å². The Balaban J connectivity index is 1.55. The summed E-state index contributed by atoms with van der Waals surface area (Å²) < 4.78 is 6.70. The van der Waals surface area contributed by atoms with Crippen molar-refractivity contribution < 1.29 is 13.7 Å². The van der Waals surface area contributed by atoms with Gasteiger partial charge in [0.1, 0.15) is 19.6 Å². The standard InChI is InChI=1S/C51H57N4/c1-6-44(2)23-19-32-52-31-15-7-11-27-48-39-50(29-13-9-17-34-54-37-21-25-46(4)42-54)51(30-14-10-18-35-55-38-22-26-47(5)43-55)40-49(48)28-12-8-16-33-53-36-20-24-45(3)41-53/h6,19-26,32,36-43H,7-10,15-18,31,33-35H2,1-5H3/q+3/b23-19-,44-6-,52-32+. The Morgan fingerprint density at radius 2 is 0.964 bits per heavy atom. The van der Waals surface area contributed by atoms with Gasteiger partial charge in [0.15, 0.2) is 37.2 Å². The second-order valence-electron chi connectivity index (χ2n) is 13.9. The Morgan fingerprint density at radius 1 is 0.582 bits per heavy atom. The summed E-state index contributed by atoms with van der Waals surface area (Å²) in [6.07, 6.45) is 27.9. The zero-order valence-corrected chi connectivity index (χ0v) is 33.7. The van der Waals surface area contributed by atoms with Crippen LogP contribution in [-0.2, 0) is 19.6 Å². The number of aryl methyl sites for hydroxylation is 6. The molecule has 0 amide bonds. The van der Waals surface area contributed by atoms with Gasteiger partial charge in [-0.25, -0.2) is 13.7 Å². The highest BCUT2D eigenvalue weighted by molar-refractivity contribution is 5.71. The SMILES string of the molecule is C\C=C(C)/C=C\C=N\CCCC#Cc1cc(C#CCCC[n+]2cccc(C)c2)c(C#CCCC[n+]2cccc(C)c2)cc1C#CCCC[n+]1cccc(C)c1. The number of nitrogens with zero attached hydrogens (tertiary/aromatic N) is 4. The fourth-order valence-electron chi connectivity index (χ4n) is 5.76. The molecule has 4 aromatic rings. The van der Waals surface area contributed by atoms with E-state index < -0.39 is 0 Å². The summed E-state index contributed by atoms with van der Waals surface area (Å²) in [6.45, 7) is 14.0. The van der Waals surface area contributed by atoms with Crippen LogP contribution in [0, 0.1) is 68.1 Å². The van der Waals surface area contributed by atoms with E-state index in [0.717, 1.165) is 99.8 Å². The second kappa shape index (κ2) is 24.4. The van der Waals surface area contributed by atoms with Gasteiger partial charge in [0, 0.05) is 115 Å². The van der Waals surface area contributed by atoms with E-state index in [2.05, 4.69) is 192 Å². The molecular formula is C51H57N4+3. The van der Waals surface area contributed by atoms with Gasteiger partial charge in [0.05, 0.1) is 0 Å². The fourth-order valence-corrected chi connectivity index (χ4v) is 5.76.